The molecule has 0 N–H and O–H groups in total. The molecule has 4 nitrogen and oxygen atoms in total. The van der Waals surface area contributed by atoms with Crippen LogP contribution < -0.4 is 0 Å². The highest BCUT2D eigenvalue weighted by Crippen LogP contribution is 2.65. The lowest BCUT2D eigenvalue weighted by atomic mass is 9.45. The summed E-state index contributed by atoms with van der Waals surface area (Å²) in [5.41, 5.74) is 1.52. The van der Waals surface area contributed by atoms with Gasteiger partial charge in [-0.2, -0.15) is 8.42 Å². The maximum Gasteiger partial charge on any atom is 0.297 e. The minimum Gasteiger partial charge on any atom is -0.300 e. The van der Waals surface area contributed by atoms with Crippen molar-refractivity contribution < 1.29 is 17.4 Å². The molecule has 4 fully saturated rings. The summed E-state index contributed by atoms with van der Waals surface area (Å²) < 4.78 is 31.4. The van der Waals surface area contributed by atoms with Crippen molar-refractivity contribution in [2.24, 2.45) is 34.5 Å². The molecule has 4 aliphatic carbocycles. The fourth-order valence-corrected chi connectivity index (χ4v) is 9.14. The Morgan fingerprint density at radius 2 is 1.71 bits per heavy atom. The first kappa shape index (κ1) is 21.6. The fourth-order valence-electron chi connectivity index (χ4n) is 8.03. The molecule has 0 aliphatic heterocycles. The molecule has 4 aliphatic rings. The molecule has 0 amide bonds. The Labute approximate surface area is 187 Å². The third-order valence-corrected chi connectivity index (χ3v) is 11.1. The Morgan fingerprint density at radius 3 is 2.45 bits per heavy atom. The van der Waals surface area contributed by atoms with Crippen molar-refractivity contribution in [3.63, 3.8) is 0 Å². The summed E-state index contributed by atoms with van der Waals surface area (Å²) in [6.07, 6.45) is 8.77. The van der Waals surface area contributed by atoms with Crippen LogP contribution in [0.5, 0.6) is 0 Å². The van der Waals surface area contributed by atoms with Gasteiger partial charge in [-0.25, -0.2) is 0 Å². The average molecular weight is 445 g/mol. The van der Waals surface area contributed by atoms with Gasteiger partial charge in [0.25, 0.3) is 10.1 Å². The van der Waals surface area contributed by atoms with E-state index in [0.717, 1.165) is 44.1 Å². The number of Topliss-reactive ketones (excluding diaryl/α,β-unsaturated/α-hetero) is 1. The minimum atomic E-state index is -3.72. The number of hydrogen-bond donors (Lipinski definition) is 0. The minimum absolute atomic E-state index is 0.220. The van der Waals surface area contributed by atoms with E-state index in [4.69, 9.17) is 4.18 Å². The summed E-state index contributed by atoms with van der Waals surface area (Å²) in [5.74, 6) is 2.89. The predicted octanol–water partition coefficient (Wildman–Crippen LogP) is 5.68. The van der Waals surface area contributed by atoms with Crippen molar-refractivity contribution in [2.75, 3.05) is 0 Å². The lowest BCUT2D eigenvalue weighted by molar-refractivity contribution is -0.119. The van der Waals surface area contributed by atoms with E-state index in [-0.39, 0.29) is 21.8 Å². The third kappa shape index (κ3) is 3.60. The molecule has 5 heteroatoms. The van der Waals surface area contributed by atoms with Crippen molar-refractivity contribution in [3.8, 4) is 0 Å². The Balaban J connectivity index is 1.30. The number of fused-ring (bicyclic) bond motifs is 5. The van der Waals surface area contributed by atoms with E-state index >= 15 is 0 Å². The normalized spacial score (nSPS) is 42.5. The molecule has 4 saturated carbocycles. The zero-order valence-corrected chi connectivity index (χ0v) is 19.9. The third-order valence-electron chi connectivity index (χ3n) is 9.76. The molecule has 0 unspecified atom stereocenters. The quantitative estimate of drug-likeness (QED) is 0.563. The molecule has 0 radical (unpaired) electrons. The fraction of sp³-hybridized carbons (Fsp3) is 0.731. The van der Waals surface area contributed by atoms with Crippen LogP contribution in [0.4, 0.5) is 0 Å². The predicted molar refractivity (Wildman–Crippen MR) is 120 cm³/mol. The summed E-state index contributed by atoms with van der Waals surface area (Å²) in [6, 6.07) is 6.93. The molecule has 170 valence electrons. The van der Waals surface area contributed by atoms with Gasteiger partial charge in [0.2, 0.25) is 0 Å². The molecule has 5 rings (SSSR count). The highest BCUT2D eigenvalue weighted by molar-refractivity contribution is 7.86. The van der Waals surface area contributed by atoms with Crippen LogP contribution in [-0.4, -0.2) is 20.3 Å². The summed E-state index contributed by atoms with van der Waals surface area (Å²) in [6.45, 7) is 6.76. The molecular formula is C26H36O4S. The van der Waals surface area contributed by atoms with Crippen molar-refractivity contribution in [1.82, 2.24) is 0 Å². The first-order chi connectivity index (χ1) is 14.6. The number of carbonyl (C=O) groups is 1. The van der Waals surface area contributed by atoms with Crippen molar-refractivity contribution in [1.29, 1.82) is 0 Å². The molecule has 7 atom stereocenters. The lowest BCUT2D eigenvalue weighted by Gasteiger charge is -2.60. The molecule has 0 heterocycles. The Morgan fingerprint density at radius 1 is 0.968 bits per heavy atom. The molecule has 0 bridgehead atoms. The van der Waals surface area contributed by atoms with Crippen molar-refractivity contribution in [2.45, 2.75) is 89.6 Å². The monoisotopic (exact) mass is 444 g/mol. The van der Waals surface area contributed by atoms with E-state index in [1.54, 1.807) is 12.1 Å². The van der Waals surface area contributed by atoms with Crippen LogP contribution in [0.1, 0.15) is 77.2 Å². The second kappa shape index (κ2) is 7.41. The van der Waals surface area contributed by atoms with Crippen molar-refractivity contribution in [3.05, 3.63) is 29.8 Å². The van der Waals surface area contributed by atoms with Gasteiger partial charge >= 0.3 is 0 Å². The van der Waals surface area contributed by atoms with Gasteiger partial charge in [0.05, 0.1) is 11.0 Å². The van der Waals surface area contributed by atoms with E-state index in [9.17, 15) is 13.2 Å². The zero-order valence-electron chi connectivity index (χ0n) is 19.1. The first-order valence-electron chi connectivity index (χ1n) is 12.1. The van der Waals surface area contributed by atoms with E-state index in [2.05, 4.69) is 13.8 Å². The number of carbonyl (C=O) groups excluding carboxylic acids is 1. The van der Waals surface area contributed by atoms with Gasteiger partial charge in [0.1, 0.15) is 5.78 Å². The molecule has 31 heavy (non-hydrogen) atoms. The zero-order chi connectivity index (χ0) is 22.0. The highest BCUT2D eigenvalue weighted by Gasteiger charge is 2.59. The van der Waals surface area contributed by atoms with Crippen LogP contribution in [0.15, 0.2) is 29.2 Å². The second-order valence-corrected chi connectivity index (χ2v) is 13.1. The highest BCUT2D eigenvalue weighted by atomic mass is 32.2. The molecule has 1 aromatic rings. The molecule has 0 saturated heterocycles. The summed E-state index contributed by atoms with van der Waals surface area (Å²) in [5, 5.41) is 0. The number of benzene rings is 1. The van der Waals surface area contributed by atoms with E-state index < -0.39 is 10.1 Å². The number of hydrogen-bond acceptors (Lipinski definition) is 4. The van der Waals surface area contributed by atoms with Gasteiger partial charge in [-0.1, -0.05) is 31.5 Å². The first-order valence-corrected chi connectivity index (χ1v) is 13.5. The van der Waals surface area contributed by atoms with Crippen LogP contribution in [-0.2, 0) is 19.1 Å². The van der Waals surface area contributed by atoms with Gasteiger partial charge in [-0.3, -0.25) is 8.98 Å². The summed E-state index contributed by atoms with van der Waals surface area (Å²) in [7, 11) is -3.72. The number of aryl methyl sites for hydroxylation is 1. The maximum atomic E-state index is 12.8. The standard InChI is InChI=1S/C26H36O4S/c1-17-4-7-21(8-5-17)31(28,29)30-20-10-13-26(3)18(14-20)6-9-22-23(26)11-12-25(2)16-19(27)15-24(22)25/h4-5,7-8,18,20,22-24H,6,9-16H2,1-3H3/t18-,20+,22+,23+,24-,25-,26+/m1/s1. The van der Waals surface area contributed by atoms with E-state index in [0.29, 0.717) is 29.5 Å². The molecule has 1 aromatic carbocycles. The van der Waals surface area contributed by atoms with Gasteiger partial charge in [-0.05, 0) is 98.5 Å². The number of rotatable bonds is 3. The van der Waals surface area contributed by atoms with Crippen molar-refractivity contribution >= 4 is 15.9 Å². The second-order valence-electron chi connectivity index (χ2n) is 11.5. The average Bonchev–Trinajstić information content (AvgIpc) is 3.02. The van der Waals surface area contributed by atoms with E-state index in [1.165, 1.54) is 19.3 Å². The lowest BCUT2D eigenvalue weighted by Crippen LogP contribution is -2.53. The summed E-state index contributed by atoms with van der Waals surface area (Å²) in [4.78, 5) is 12.5. The van der Waals surface area contributed by atoms with Gasteiger partial charge in [0.15, 0.2) is 0 Å². The molecule has 0 aromatic heterocycles. The van der Waals surface area contributed by atoms with Gasteiger partial charge in [-0.15, -0.1) is 0 Å². The summed E-state index contributed by atoms with van der Waals surface area (Å²) >= 11 is 0. The van der Waals surface area contributed by atoms with Gasteiger partial charge in [0, 0.05) is 12.8 Å². The molecular weight excluding hydrogens is 408 g/mol. The van der Waals surface area contributed by atoms with Crippen LogP contribution >= 0.6 is 0 Å². The van der Waals surface area contributed by atoms with Crippen LogP contribution in [0.2, 0.25) is 0 Å². The topological polar surface area (TPSA) is 60.4 Å². The van der Waals surface area contributed by atoms with Crippen LogP contribution in [0.25, 0.3) is 0 Å². The molecule has 0 spiro atoms. The smallest absolute Gasteiger partial charge is 0.297 e. The SMILES string of the molecule is Cc1ccc(S(=O)(=O)O[C@H]2CC[C@@]3(C)[C@H](CC[C@@H]4[C@H]5CC(=O)C[C@@]5(C)CC[C@@H]43)C2)cc1. The van der Waals surface area contributed by atoms with E-state index in [1.807, 2.05) is 19.1 Å². The van der Waals surface area contributed by atoms with Crippen LogP contribution in [0.3, 0.4) is 0 Å². The largest absolute Gasteiger partial charge is 0.300 e. The Bertz CT molecular complexity index is 968. The Hall–Kier alpha value is -1.20. The Kier molecular flexibility index (Phi) is 5.17. The number of ketones is 1. The van der Waals surface area contributed by atoms with Crippen LogP contribution in [0, 0.1) is 41.4 Å². The van der Waals surface area contributed by atoms with Gasteiger partial charge < -0.3 is 0 Å². The maximum absolute atomic E-state index is 12.8.